The van der Waals surface area contributed by atoms with Crippen LogP contribution in [0.25, 0.3) is 96.9 Å². The molecule has 14 aromatic heterocycles. The standard InChI is InChI=1S/C33H34N8O7.C19H22N2O5.C13H14N6O.C12H13NO4.C11H13NO3.C8H5BrO2/c1-33(2,3)48-30(42)23(35-4)16-22-10-11-24(46-22)25-12-13-26(47-25)41(5)14-15-44-32(43)36-17-20-6-8-21(9-7-20)18-45-29-27-28(38-19-37-27)39-31(34)40-29;1-19(2,3)26-18(23)13(12-20)11-14-5-6-15(24-14)16-7-8-17(25-16)21(4)9-10-22;14-5-8-1-3-9(4-2-8)6-20-12-10-11(17-7-16-10)18-13(15)19-12;1-13(6-7-14)12-5-4-11(17-12)10-3-2-9(8-15)16-10;1-12(6-7-13)11-5-4-10(15-11)9-3-2-8-14-9;9-8-4-3-7(11-8)6-2-1-5-10-6/h6-13,16,19H,14-15,17-18H2,1-3,5H3,(H,36,43)(H3,34,37,38,39,40);5-8,11,22H,9-10H2,1-4H3;1-4,7H,5-6,14H2,(H3,15,16,17,18,19);2-5,8,14H,6-7H2,1H3;2-5,8,13H,6-7H2,1H3;1-5H/b23-16-;13-11+;;;;. The number of aromatic nitrogens is 8. The number of aromatic amines is 2. The van der Waals surface area contributed by atoms with Crippen LogP contribution < -0.4 is 51.6 Å². The molecule has 1 amide bonds. The maximum absolute atomic E-state index is 12.3. The van der Waals surface area contributed by atoms with Crippen molar-refractivity contribution in [1.29, 1.82) is 5.26 Å². The molecule has 137 heavy (non-hydrogen) atoms. The number of likely N-dealkylation sites (N-methyl/N-ethyl adjacent to an activating group) is 4. The van der Waals surface area contributed by atoms with Gasteiger partial charge in [0.2, 0.25) is 23.7 Å². The van der Waals surface area contributed by atoms with E-state index in [9.17, 15) is 24.4 Å². The Morgan fingerprint density at radius 2 is 0.891 bits per heavy atom. The van der Waals surface area contributed by atoms with Crippen LogP contribution in [0.4, 0.5) is 40.2 Å². The van der Waals surface area contributed by atoms with Crippen LogP contribution in [0.5, 0.6) is 11.8 Å². The minimum atomic E-state index is -0.729. The zero-order valence-electron chi connectivity index (χ0n) is 76.3. The molecule has 0 aliphatic carbocycles. The lowest BCUT2D eigenvalue weighted by Gasteiger charge is -2.19. The molecule has 40 nitrogen and oxygen atoms in total. The number of H-pyrrole nitrogens is 2. The van der Waals surface area contributed by atoms with E-state index in [0.717, 1.165) is 39.7 Å². The van der Waals surface area contributed by atoms with Gasteiger partial charge in [0.25, 0.3) is 5.70 Å². The summed E-state index contributed by atoms with van der Waals surface area (Å²) in [4.78, 5) is 87.7. The van der Waals surface area contributed by atoms with Crippen LogP contribution in [0.3, 0.4) is 0 Å². The summed E-state index contributed by atoms with van der Waals surface area (Å²) < 4.78 is 82.9. The van der Waals surface area contributed by atoms with Crippen LogP contribution in [0.2, 0.25) is 0 Å². The van der Waals surface area contributed by atoms with E-state index in [1.54, 1.807) is 156 Å². The van der Waals surface area contributed by atoms with Crippen LogP contribution in [-0.2, 0) is 50.1 Å². The first-order valence-electron chi connectivity index (χ1n) is 42.2. The van der Waals surface area contributed by atoms with Gasteiger partial charge >= 0.3 is 18.0 Å². The van der Waals surface area contributed by atoms with E-state index in [4.69, 9.17) is 107 Å². The van der Waals surface area contributed by atoms with Gasteiger partial charge in [0.05, 0.1) is 58.1 Å². The summed E-state index contributed by atoms with van der Waals surface area (Å²) >= 11 is 3.21. The fourth-order valence-corrected chi connectivity index (χ4v) is 12.2. The number of amides is 1. The van der Waals surface area contributed by atoms with Crippen molar-refractivity contribution in [3.05, 3.63) is 262 Å². The fraction of sp³-hybridized carbons (Fsp3) is 0.250. The number of nitrogens with zero attached hydrogens (tertiary/aromatic N) is 12. The number of hydrogen-bond donors (Lipinski definition) is 9. The summed E-state index contributed by atoms with van der Waals surface area (Å²) in [6.07, 6.45) is 9.00. The normalized spacial score (nSPS) is 11.2. The number of hydrogen-bond acceptors (Lipinski definition) is 36. The number of carbonyl (C=O) groups excluding carboxylic acids is 4. The number of imidazole rings is 2. The van der Waals surface area contributed by atoms with Gasteiger partial charge in [-0.25, -0.2) is 24.4 Å². The minimum absolute atomic E-state index is 0.0177. The van der Waals surface area contributed by atoms with Gasteiger partial charge in [-0.1, -0.05) is 48.5 Å². The maximum atomic E-state index is 12.3. The van der Waals surface area contributed by atoms with Crippen molar-refractivity contribution >= 4 is 110 Å². The number of esters is 2. The van der Waals surface area contributed by atoms with E-state index in [2.05, 4.69) is 66.0 Å². The lowest BCUT2D eigenvalue weighted by Crippen LogP contribution is -2.28. The van der Waals surface area contributed by atoms with Crippen LogP contribution in [0, 0.1) is 17.9 Å². The van der Waals surface area contributed by atoms with Gasteiger partial charge in [-0.2, -0.15) is 25.2 Å². The average Bonchev–Trinajstić information content (AvgIpc) is 1.65. The largest absolute Gasteiger partial charge is 0.471 e. The van der Waals surface area contributed by atoms with E-state index in [1.807, 2.05) is 122 Å². The molecule has 714 valence electrons. The highest BCUT2D eigenvalue weighted by atomic mass is 79.9. The number of anilines is 6. The monoisotopic (exact) mass is 1940 g/mol. The number of nitrogen functional groups attached to an aromatic ring is 2. The summed E-state index contributed by atoms with van der Waals surface area (Å²) in [7, 11) is 7.28. The van der Waals surface area contributed by atoms with E-state index in [-0.39, 0.29) is 68.5 Å². The predicted molar refractivity (Wildman–Crippen MR) is 509 cm³/mol. The van der Waals surface area contributed by atoms with Gasteiger partial charge in [0.1, 0.15) is 65.2 Å². The number of carbonyl (C=O) groups is 4. The molecule has 0 fully saturated rings. The van der Waals surface area contributed by atoms with Crippen molar-refractivity contribution < 1.29 is 102 Å². The molecule has 2 aromatic carbocycles. The van der Waals surface area contributed by atoms with Crippen molar-refractivity contribution in [2.24, 2.45) is 5.73 Å². The maximum Gasteiger partial charge on any atom is 0.407 e. The number of benzene rings is 2. The van der Waals surface area contributed by atoms with Gasteiger partial charge in [0, 0.05) is 91.3 Å². The molecule has 14 heterocycles. The van der Waals surface area contributed by atoms with Crippen molar-refractivity contribution in [3.63, 3.8) is 0 Å². The van der Waals surface area contributed by atoms with E-state index < -0.39 is 29.2 Å². The number of rotatable bonds is 32. The zero-order chi connectivity index (χ0) is 98.1. The second kappa shape index (κ2) is 48.7. The van der Waals surface area contributed by atoms with Gasteiger partial charge in [0.15, 0.2) is 109 Å². The van der Waals surface area contributed by atoms with Crippen LogP contribution in [-0.4, -0.2) is 172 Å². The lowest BCUT2D eigenvalue weighted by atomic mass is 10.1. The molecule has 0 radical (unpaired) electrons. The van der Waals surface area contributed by atoms with Crippen LogP contribution in [0.1, 0.15) is 85.9 Å². The molecule has 0 bridgehead atoms. The number of halogens is 1. The van der Waals surface area contributed by atoms with E-state index in [0.29, 0.717) is 160 Å². The smallest absolute Gasteiger partial charge is 0.407 e. The molecule has 16 rings (SSSR count). The van der Waals surface area contributed by atoms with Crippen molar-refractivity contribution in [2.45, 2.75) is 79.0 Å². The Morgan fingerprint density at radius 1 is 0.504 bits per heavy atom. The third kappa shape index (κ3) is 30.2. The second-order valence-corrected chi connectivity index (χ2v) is 32.2. The van der Waals surface area contributed by atoms with E-state index in [1.165, 1.54) is 24.8 Å². The lowest BCUT2D eigenvalue weighted by molar-refractivity contribution is -0.150. The first-order chi connectivity index (χ1) is 65.9. The van der Waals surface area contributed by atoms with Crippen molar-refractivity contribution in [3.8, 4) is 75.4 Å². The molecule has 0 aliphatic heterocycles. The number of furan rings is 10. The van der Waals surface area contributed by atoms with Gasteiger partial charge < -0.3 is 135 Å². The van der Waals surface area contributed by atoms with Gasteiger partial charge in [-0.05, 0) is 183 Å². The summed E-state index contributed by atoms with van der Waals surface area (Å²) in [6, 6.07) is 52.4. The number of alkyl carbamates (subject to hydrolysis) is 1. The Balaban J connectivity index is 0.000000171. The van der Waals surface area contributed by atoms with Crippen LogP contribution >= 0.6 is 15.9 Å². The second-order valence-electron chi connectivity index (χ2n) is 31.4. The molecule has 0 unspecified atom stereocenters. The quantitative estimate of drug-likeness (QED) is 0.00472. The number of aldehydes is 1. The number of nitrogens with one attached hydrogen (secondary N) is 3. The Hall–Kier alpha value is -16.6. The van der Waals surface area contributed by atoms with Gasteiger partial charge in [-0.15, -0.1) is 0 Å². The molecule has 16 aromatic rings. The zero-order valence-corrected chi connectivity index (χ0v) is 77.9. The third-order valence-corrected chi connectivity index (χ3v) is 19.1. The molecule has 0 aliphatic rings. The number of aliphatic hydroxyl groups excluding tert-OH is 3. The molecule has 41 heteroatoms. The van der Waals surface area contributed by atoms with Crippen LogP contribution in [0.15, 0.2) is 255 Å². The third-order valence-electron chi connectivity index (χ3n) is 18.7. The van der Waals surface area contributed by atoms with E-state index >= 15 is 0 Å². The number of nitrogens with two attached hydrogens (primary N) is 3. The summed E-state index contributed by atoms with van der Waals surface area (Å²) in [6.45, 7) is 21.3. The predicted octanol–water partition coefficient (Wildman–Crippen LogP) is 16.6. The Bertz CT molecular complexity index is 6680. The number of nitriles is 1. The molecule has 12 N–H and O–H groups in total. The molecular weight excluding hydrogens is 1840 g/mol. The Morgan fingerprint density at radius 3 is 1.28 bits per heavy atom. The first kappa shape index (κ1) is 101. The SMILES string of the molecule is Brc1ccc(-c2ccco2)o1.CN(CCO)c1ccc(-c2ccc(/C=C(\C#N)C(=O)OC(C)(C)C)o2)o1.CN(CCO)c1ccc(-c2ccc(C=O)o2)o1.CN(CCO)c1ccc(-c2ccco2)o1.NCc1ccc(COc2nc(N)nc3nc[nH]c23)cc1.[C-]#[N+]/C(=C\c1ccc(-c2ccc(N(C)CCOC(=O)NCc3ccc(COc4nc(N)nc5nc[nH]c45)cc3)o2)o1)C(=O)OC(C)(C)C. The molecule has 0 saturated carbocycles. The number of aliphatic hydroxyl groups is 3. The first-order valence-corrected chi connectivity index (χ1v) is 43.0. The Kier molecular flexibility index (Phi) is 35.9. The number of fused-ring (bicyclic) bond motifs is 2. The van der Waals surface area contributed by atoms with Gasteiger partial charge in [-0.3, -0.25) is 9.59 Å². The molecule has 0 saturated heterocycles. The number of ether oxygens (including phenoxy) is 5. The summed E-state index contributed by atoms with van der Waals surface area (Å²) in [5, 5.41) is 38.5. The average molecular weight is 1940 g/mol. The summed E-state index contributed by atoms with van der Waals surface area (Å²) in [5.74, 6) is 8.64. The van der Waals surface area contributed by atoms with Crippen molar-refractivity contribution in [1.82, 2.24) is 45.2 Å². The summed E-state index contributed by atoms with van der Waals surface area (Å²) in [5.41, 5.74) is 21.1. The van der Waals surface area contributed by atoms with Crippen molar-refractivity contribution in [2.75, 3.05) is 112 Å². The highest BCUT2D eigenvalue weighted by Crippen LogP contribution is 2.35. The molecular formula is C96H101BrN18O22. The Labute approximate surface area is 792 Å². The fourth-order valence-electron chi connectivity index (χ4n) is 11.9. The minimum Gasteiger partial charge on any atom is -0.471 e. The topological polar surface area (TPSA) is 547 Å². The highest BCUT2D eigenvalue weighted by Gasteiger charge is 2.25. The highest BCUT2D eigenvalue weighted by molar-refractivity contribution is 9.10. The molecule has 0 atom stereocenters. The molecule has 0 spiro atoms.